The number of carbonyl (C=O) groups is 1. The van der Waals surface area contributed by atoms with Gasteiger partial charge in [-0.3, -0.25) is 9.69 Å². The summed E-state index contributed by atoms with van der Waals surface area (Å²) in [5.74, 6) is -0.216. The van der Waals surface area contributed by atoms with Crippen LogP contribution in [-0.4, -0.2) is 55.6 Å². The van der Waals surface area contributed by atoms with Gasteiger partial charge in [0.15, 0.2) is 0 Å². The third-order valence-electron chi connectivity index (χ3n) is 3.50. The van der Waals surface area contributed by atoms with Gasteiger partial charge in [0, 0.05) is 31.7 Å². The molecule has 2 aliphatic heterocycles. The largest absolute Gasteiger partial charge is 0.369 e. The second-order valence-electron chi connectivity index (χ2n) is 4.87. The van der Waals surface area contributed by atoms with Gasteiger partial charge in [0.2, 0.25) is 5.91 Å². The molecule has 2 fully saturated rings. The third kappa shape index (κ3) is 3.43. The number of nitrogens with two attached hydrogens (primary N) is 1. The summed E-state index contributed by atoms with van der Waals surface area (Å²) in [6, 6.07) is 1.27. The van der Waals surface area contributed by atoms with Crippen LogP contribution in [0.25, 0.3) is 0 Å². The van der Waals surface area contributed by atoms with Gasteiger partial charge in [0.05, 0.1) is 6.54 Å². The number of nitrogens with zero attached hydrogens (tertiary/aromatic N) is 1. The van der Waals surface area contributed by atoms with Crippen LogP contribution in [0.4, 0.5) is 0 Å². The molecular weight excluding hydrogens is 204 g/mol. The molecule has 0 aliphatic carbocycles. The van der Waals surface area contributed by atoms with Crippen LogP contribution >= 0.6 is 0 Å². The quantitative estimate of drug-likeness (QED) is 0.568. The summed E-state index contributed by atoms with van der Waals surface area (Å²) in [7, 11) is 0. The Labute approximate surface area is 96.7 Å². The van der Waals surface area contributed by atoms with Gasteiger partial charge in [-0.25, -0.2) is 0 Å². The van der Waals surface area contributed by atoms with Gasteiger partial charge in [-0.15, -0.1) is 0 Å². The lowest BCUT2D eigenvalue weighted by Crippen LogP contribution is -2.48. The first-order valence-electron chi connectivity index (χ1n) is 6.21. The van der Waals surface area contributed by atoms with Crippen molar-refractivity contribution >= 4 is 5.91 Å². The number of amides is 1. The number of piperidine rings is 1. The first kappa shape index (κ1) is 11.8. The van der Waals surface area contributed by atoms with E-state index in [9.17, 15) is 4.79 Å². The zero-order chi connectivity index (χ0) is 11.4. The molecule has 0 spiro atoms. The Hall–Kier alpha value is -0.650. The van der Waals surface area contributed by atoms with Crippen molar-refractivity contribution in [1.82, 2.24) is 15.5 Å². The molecule has 1 atom stereocenters. The summed E-state index contributed by atoms with van der Waals surface area (Å²) >= 11 is 0. The fourth-order valence-electron chi connectivity index (χ4n) is 2.61. The fraction of sp³-hybridized carbons (Fsp3) is 0.909. The van der Waals surface area contributed by atoms with Crippen molar-refractivity contribution in [2.45, 2.75) is 31.3 Å². The molecule has 5 nitrogen and oxygen atoms in total. The molecule has 0 saturated carbocycles. The van der Waals surface area contributed by atoms with Gasteiger partial charge in [-0.05, 0) is 25.8 Å². The summed E-state index contributed by atoms with van der Waals surface area (Å²) in [6.07, 6.45) is 3.50. The Morgan fingerprint density at radius 3 is 2.62 bits per heavy atom. The molecule has 2 saturated heterocycles. The summed E-state index contributed by atoms with van der Waals surface area (Å²) < 4.78 is 0. The van der Waals surface area contributed by atoms with Crippen LogP contribution in [0.3, 0.4) is 0 Å². The molecule has 4 N–H and O–H groups in total. The minimum atomic E-state index is -0.216. The lowest BCUT2D eigenvalue weighted by atomic mass is 10.0. The molecule has 0 radical (unpaired) electrons. The molecule has 2 aliphatic rings. The van der Waals surface area contributed by atoms with Gasteiger partial charge in [-0.2, -0.15) is 0 Å². The van der Waals surface area contributed by atoms with Gasteiger partial charge >= 0.3 is 0 Å². The molecule has 0 aromatic heterocycles. The van der Waals surface area contributed by atoms with Crippen LogP contribution in [0.1, 0.15) is 19.3 Å². The maximum Gasteiger partial charge on any atom is 0.231 e. The molecule has 92 valence electrons. The molecule has 2 heterocycles. The third-order valence-corrected chi connectivity index (χ3v) is 3.50. The normalized spacial score (nSPS) is 28.4. The molecule has 16 heavy (non-hydrogen) atoms. The summed E-state index contributed by atoms with van der Waals surface area (Å²) in [6.45, 7) is 4.62. The highest BCUT2D eigenvalue weighted by atomic mass is 16.1. The molecule has 2 rings (SSSR count). The second kappa shape index (κ2) is 5.61. The van der Waals surface area contributed by atoms with Crippen LogP contribution in [0.5, 0.6) is 0 Å². The van der Waals surface area contributed by atoms with E-state index in [0.717, 1.165) is 39.0 Å². The van der Waals surface area contributed by atoms with E-state index in [1.165, 1.54) is 6.42 Å². The highest BCUT2D eigenvalue weighted by molar-refractivity contribution is 5.75. The molecule has 5 heteroatoms. The van der Waals surface area contributed by atoms with Crippen LogP contribution in [0.2, 0.25) is 0 Å². The fourth-order valence-corrected chi connectivity index (χ4v) is 2.61. The lowest BCUT2D eigenvalue weighted by molar-refractivity contribution is -0.119. The number of hydrogen-bond donors (Lipinski definition) is 3. The topological polar surface area (TPSA) is 70.4 Å². The number of hydrogen-bond acceptors (Lipinski definition) is 4. The molecule has 1 unspecified atom stereocenters. The smallest absolute Gasteiger partial charge is 0.231 e. The van der Waals surface area contributed by atoms with Crippen LogP contribution in [0, 0.1) is 0 Å². The number of primary amides is 1. The Morgan fingerprint density at radius 2 is 2.06 bits per heavy atom. The number of likely N-dealkylation sites (tertiary alicyclic amines) is 1. The van der Waals surface area contributed by atoms with E-state index in [1.54, 1.807) is 0 Å². The van der Waals surface area contributed by atoms with E-state index in [-0.39, 0.29) is 5.91 Å². The monoisotopic (exact) mass is 226 g/mol. The van der Waals surface area contributed by atoms with E-state index in [4.69, 9.17) is 5.73 Å². The maximum atomic E-state index is 10.8. The number of nitrogens with one attached hydrogen (secondary N) is 2. The Kier molecular flexibility index (Phi) is 4.15. The average Bonchev–Trinajstić information content (AvgIpc) is 2.73. The first-order chi connectivity index (χ1) is 7.74. The van der Waals surface area contributed by atoms with Crippen molar-refractivity contribution in [1.29, 1.82) is 0 Å². The van der Waals surface area contributed by atoms with Crippen molar-refractivity contribution in [3.05, 3.63) is 0 Å². The minimum Gasteiger partial charge on any atom is -0.369 e. The van der Waals surface area contributed by atoms with Crippen molar-refractivity contribution in [2.24, 2.45) is 5.73 Å². The molecule has 1 amide bonds. The molecule has 0 aromatic rings. The Morgan fingerprint density at radius 1 is 1.31 bits per heavy atom. The van der Waals surface area contributed by atoms with Crippen molar-refractivity contribution in [2.75, 3.05) is 32.7 Å². The van der Waals surface area contributed by atoms with E-state index in [2.05, 4.69) is 15.5 Å². The van der Waals surface area contributed by atoms with Gasteiger partial charge < -0.3 is 16.4 Å². The van der Waals surface area contributed by atoms with Crippen LogP contribution < -0.4 is 16.4 Å². The number of carbonyl (C=O) groups excluding carboxylic acids is 1. The Bertz CT molecular complexity index is 232. The van der Waals surface area contributed by atoms with Gasteiger partial charge in [0.25, 0.3) is 0 Å². The van der Waals surface area contributed by atoms with Crippen LogP contribution in [-0.2, 0) is 4.79 Å². The minimum absolute atomic E-state index is 0.216. The average molecular weight is 226 g/mol. The molecule has 0 aromatic carbocycles. The molecular formula is C11H22N4O. The van der Waals surface area contributed by atoms with Gasteiger partial charge in [-0.1, -0.05) is 0 Å². The summed E-state index contributed by atoms with van der Waals surface area (Å²) in [5, 5.41) is 7.05. The van der Waals surface area contributed by atoms with E-state index >= 15 is 0 Å². The lowest BCUT2D eigenvalue weighted by Gasteiger charge is -2.33. The standard InChI is InChI=1S/C11H22N4O/c12-11(16)8-15-5-2-9(3-6-15)14-10-1-4-13-7-10/h9-10,13-14H,1-8H2,(H2,12,16). The van der Waals surface area contributed by atoms with Crippen molar-refractivity contribution in [3.8, 4) is 0 Å². The summed E-state index contributed by atoms with van der Waals surface area (Å²) in [5.41, 5.74) is 5.19. The van der Waals surface area contributed by atoms with E-state index in [1.807, 2.05) is 0 Å². The predicted molar refractivity (Wildman–Crippen MR) is 63.1 cm³/mol. The number of rotatable bonds is 4. The van der Waals surface area contributed by atoms with Crippen molar-refractivity contribution in [3.63, 3.8) is 0 Å². The SMILES string of the molecule is NC(=O)CN1CCC(NC2CCNC2)CC1. The predicted octanol–water partition coefficient (Wildman–Crippen LogP) is -1.11. The van der Waals surface area contributed by atoms with Gasteiger partial charge in [0.1, 0.15) is 0 Å². The second-order valence-corrected chi connectivity index (χ2v) is 4.87. The van der Waals surface area contributed by atoms with E-state index in [0.29, 0.717) is 18.6 Å². The zero-order valence-corrected chi connectivity index (χ0v) is 9.74. The Balaban J connectivity index is 1.66. The van der Waals surface area contributed by atoms with Crippen LogP contribution in [0.15, 0.2) is 0 Å². The van der Waals surface area contributed by atoms with E-state index < -0.39 is 0 Å². The highest BCUT2D eigenvalue weighted by Gasteiger charge is 2.23. The molecule has 0 bridgehead atoms. The highest BCUT2D eigenvalue weighted by Crippen LogP contribution is 2.11. The first-order valence-corrected chi connectivity index (χ1v) is 6.21. The summed E-state index contributed by atoms with van der Waals surface area (Å²) in [4.78, 5) is 12.9. The zero-order valence-electron chi connectivity index (χ0n) is 9.74. The maximum absolute atomic E-state index is 10.8. The van der Waals surface area contributed by atoms with Crippen molar-refractivity contribution < 1.29 is 4.79 Å².